The largest absolute Gasteiger partial charge is 0.490 e. The van der Waals surface area contributed by atoms with Gasteiger partial charge in [-0.1, -0.05) is 28.1 Å². The van der Waals surface area contributed by atoms with Gasteiger partial charge in [0.25, 0.3) is 0 Å². The Morgan fingerprint density at radius 1 is 1.05 bits per heavy atom. The summed E-state index contributed by atoms with van der Waals surface area (Å²) in [4.78, 5) is 23.8. The first-order valence-corrected chi connectivity index (χ1v) is 13.3. The molecule has 1 heterocycles. The summed E-state index contributed by atoms with van der Waals surface area (Å²) in [6, 6.07) is 15.3. The van der Waals surface area contributed by atoms with Crippen LogP contribution in [0.3, 0.4) is 0 Å². The predicted octanol–water partition coefficient (Wildman–Crippen LogP) is 7.16. The quantitative estimate of drug-likeness (QED) is 0.142. The Morgan fingerprint density at radius 2 is 1.86 bits per heavy atom. The summed E-state index contributed by atoms with van der Waals surface area (Å²) in [7, 11) is 0. The second-order valence-electron chi connectivity index (χ2n) is 7.67. The standard InChI is InChI=1S/C26H19Br3N2O6/c1-2-35-21-8-15(7-19(28)24(21)36-13-14-4-3-5-16(6-14)26(33)34)12-30-31-25(32)22-10-17-9-18(27)11-20(29)23(17)37-22/h3-12H,2,13H2,1H3,(H,31,32)(H,33,34)/b30-12-. The number of ether oxygens (including phenoxy) is 2. The van der Waals surface area contributed by atoms with Gasteiger partial charge in [0.1, 0.15) is 12.2 Å². The SMILES string of the molecule is CCOc1cc(/C=N\NC(=O)c2cc3cc(Br)cc(Br)c3o2)cc(Br)c1OCc1cccc(C(=O)O)c1. The Bertz CT molecular complexity index is 1520. The first-order valence-electron chi connectivity index (χ1n) is 10.9. The lowest BCUT2D eigenvalue weighted by atomic mass is 10.1. The van der Waals surface area contributed by atoms with Crippen molar-refractivity contribution in [3.05, 3.63) is 90.5 Å². The number of carbonyl (C=O) groups excluding carboxylic acids is 1. The van der Waals surface area contributed by atoms with Gasteiger partial charge in [0.2, 0.25) is 0 Å². The van der Waals surface area contributed by atoms with Gasteiger partial charge < -0.3 is 19.0 Å². The number of carboxylic acids is 1. The van der Waals surface area contributed by atoms with Crippen LogP contribution in [0.5, 0.6) is 11.5 Å². The number of furan rings is 1. The number of fused-ring (bicyclic) bond motifs is 1. The van der Waals surface area contributed by atoms with E-state index in [0.29, 0.717) is 39.3 Å². The van der Waals surface area contributed by atoms with Crippen LogP contribution in [0.25, 0.3) is 11.0 Å². The smallest absolute Gasteiger partial charge is 0.335 e. The highest BCUT2D eigenvalue weighted by molar-refractivity contribution is 9.11. The van der Waals surface area contributed by atoms with Crippen LogP contribution >= 0.6 is 47.8 Å². The Labute approximate surface area is 237 Å². The zero-order valence-corrected chi connectivity index (χ0v) is 24.0. The van der Waals surface area contributed by atoms with Crippen LogP contribution in [-0.4, -0.2) is 29.8 Å². The van der Waals surface area contributed by atoms with Crippen LogP contribution < -0.4 is 14.9 Å². The number of nitrogens with zero attached hydrogens (tertiary/aromatic N) is 1. The molecule has 0 radical (unpaired) electrons. The maximum atomic E-state index is 12.5. The van der Waals surface area contributed by atoms with Crippen LogP contribution in [0, 0.1) is 0 Å². The fraction of sp³-hybridized carbons (Fsp3) is 0.115. The Balaban J connectivity index is 1.48. The van der Waals surface area contributed by atoms with E-state index in [2.05, 4.69) is 58.3 Å². The molecule has 0 fully saturated rings. The molecule has 8 nitrogen and oxygen atoms in total. The molecule has 2 N–H and O–H groups in total. The summed E-state index contributed by atoms with van der Waals surface area (Å²) >= 11 is 10.3. The van der Waals surface area contributed by atoms with E-state index in [1.807, 2.05) is 19.1 Å². The number of aromatic carboxylic acids is 1. The van der Waals surface area contributed by atoms with Gasteiger partial charge in [0, 0.05) is 9.86 Å². The fourth-order valence-electron chi connectivity index (χ4n) is 3.42. The fourth-order valence-corrected chi connectivity index (χ4v) is 5.34. The van der Waals surface area contributed by atoms with Crippen molar-refractivity contribution >= 4 is 76.9 Å². The molecule has 11 heteroatoms. The summed E-state index contributed by atoms with van der Waals surface area (Å²) in [5.41, 5.74) is 4.56. The summed E-state index contributed by atoms with van der Waals surface area (Å²) < 4.78 is 19.5. The molecule has 0 saturated carbocycles. The average molecular weight is 695 g/mol. The molecule has 0 spiro atoms. The van der Waals surface area contributed by atoms with Crippen molar-refractivity contribution in [3.8, 4) is 11.5 Å². The zero-order chi connectivity index (χ0) is 26.5. The molecular weight excluding hydrogens is 676 g/mol. The third-order valence-electron chi connectivity index (χ3n) is 5.03. The third kappa shape index (κ3) is 6.60. The van der Waals surface area contributed by atoms with Gasteiger partial charge in [-0.2, -0.15) is 5.10 Å². The number of carboxylic acid groups (broad SMARTS) is 1. The molecule has 1 amide bonds. The van der Waals surface area contributed by atoms with Crippen LogP contribution in [0.2, 0.25) is 0 Å². The van der Waals surface area contributed by atoms with Gasteiger partial charge in [-0.3, -0.25) is 4.79 Å². The van der Waals surface area contributed by atoms with Crippen molar-refractivity contribution < 1.29 is 28.6 Å². The molecule has 0 saturated heterocycles. The molecule has 3 aromatic carbocycles. The minimum absolute atomic E-state index is 0.123. The van der Waals surface area contributed by atoms with E-state index in [0.717, 1.165) is 14.3 Å². The maximum absolute atomic E-state index is 12.5. The normalized spacial score (nSPS) is 11.1. The highest BCUT2D eigenvalue weighted by atomic mass is 79.9. The first kappa shape index (κ1) is 26.9. The Hall–Kier alpha value is -3.15. The minimum atomic E-state index is -1.00. The van der Waals surface area contributed by atoms with Crippen molar-refractivity contribution in [2.45, 2.75) is 13.5 Å². The molecule has 0 aliphatic carbocycles. The lowest BCUT2D eigenvalue weighted by molar-refractivity contribution is 0.0696. The summed E-state index contributed by atoms with van der Waals surface area (Å²) in [6.07, 6.45) is 1.47. The van der Waals surface area contributed by atoms with Crippen molar-refractivity contribution in [1.82, 2.24) is 5.43 Å². The number of halogens is 3. The summed E-state index contributed by atoms with van der Waals surface area (Å²) in [5.74, 6) is -0.453. The number of rotatable bonds is 9. The number of hydrazone groups is 1. The van der Waals surface area contributed by atoms with Crippen LogP contribution in [0.4, 0.5) is 0 Å². The Kier molecular flexibility index (Phi) is 8.67. The van der Waals surface area contributed by atoms with Crippen molar-refractivity contribution in [1.29, 1.82) is 0 Å². The molecule has 0 bridgehead atoms. The van der Waals surface area contributed by atoms with Gasteiger partial charge >= 0.3 is 11.9 Å². The van der Waals surface area contributed by atoms with Crippen LogP contribution in [-0.2, 0) is 6.61 Å². The van der Waals surface area contributed by atoms with E-state index < -0.39 is 11.9 Å². The zero-order valence-electron chi connectivity index (χ0n) is 19.3. The molecule has 1 aromatic heterocycles. The summed E-state index contributed by atoms with van der Waals surface area (Å²) in [6.45, 7) is 2.39. The third-order valence-corrected chi connectivity index (χ3v) is 6.66. The van der Waals surface area contributed by atoms with E-state index in [1.165, 1.54) is 12.3 Å². The first-order chi connectivity index (χ1) is 17.7. The molecule has 0 aliphatic heterocycles. The van der Waals surface area contributed by atoms with E-state index in [9.17, 15) is 14.7 Å². The second kappa shape index (κ2) is 11.9. The summed E-state index contributed by atoms with van der Waals surface area (Å²) in [5, 5.41) is 14.0. The number of benzene rings is 3. The minimum Gasteiger partial charge on any atom is -0.490 e. The molecule has 0 unspecified atom stereocenters. The van der Waals surface area contributed by atoms with Gasteiger partial charge in [-0.05, 0) is 92.4 Å². The lowest BCUT2D eigenvalue weighted by Gasteiger charge is -2.15. The van der Waals surface area contributed by atoms with Crippen molar-refractivity contribution in [2.75, 3.05) is 6.61 Å². The highest BCUT2D eigenvalue weighted by Gasteiger charge is 2.15. The van der Waals surface area contributed by atoms with Crippen LogP contribution in [0.15, 0.2) is 77.5 Å². The number of carbonyl (C=O) groups is 2. The van der Waals surface area contributed by atoms with Gasteiger partial charge in [0.15, 0.2) is 17.3 Å². The number of hydrogen-bond donors (Lipinski definition) is 2. The lowest BCUT2D eigenvalue weighted by Crippen LogP contribution is -2.16. The van der Waals surface area contributed by atoms with Gasteiger partial charge in [0.05, 0.1) is 27.3 Å². The van der Waals surface area contributed by atoms with Crippen molar-refractivity contribution in [3.63, 3.8) is 0 Å². The maximum Gasteiger partial charge on any atom is 0.335 e. The molecule has 0 atom stereocenters. The van der Waals surface area contributed by atoms with Gasteiger partial charge in [-0.25, -0.2) is 10.2 Å². The van der Waals surface area contributed by atoms with E-state index in [4.69, 9.17) is 13.9 Å². The average Bonchev–Trinajstić information content (AvgIpc) is 3.28. The van der Waals surface area contributed by atoms with Crippen LogP contribution in [0.1, 0.15) is 39.0 Å². The monoisotopic (exact) mass is 692 g/mol. The number of amides is 1. The predicted molar refractivity (Wildman–Crippen MR) is 150 cm³/mol. The number of hydrogen-bond acceptors (Lipinski definition) is 6. The molecule has 4 rings (SSSR count). The van der Waals surface area contributed by atoms with Crippen molar-refractivity contribution in [2.24, 2.45) is 5.10 Å². The molecular formula is C26H19Br3N2O6. The molecule has 190 valence electrons. The van der Waals surface area contributed by atoms with E-state index in [-0.39, 0.29) is 17.9 Å². The Morgan fingerprint density at radius 3 is 2.62 bits per heavy atom. The molecule has 4 aromatic rings. The molecule has 37 heavy (non-hydrogen) atoms. The van der Waals surface area contributed by atoms with E-state index in [1.54, 1.807) is 36.4 Å². The highest BCUT2D eigenvalue weighted by Crippen LogP contribution is 2.37. The number of nitrogens with one attached hydrogen (secondary N) is 1. The van der Waals surface area contributed by atoms with E-state index >= 15 is 0 Å². The molecule has 0 aliphatic rings. The second-order valence-corrected chi connectivity index (χ2v) is 10.3. The topological polar surface area (TPSA) is 110 Å². The van der Waals surface area contributed by atoms with Gasteiger partial charge in [-0.15, -0.1) is 0 Å².